The van der Waals surface area contributed by atoms with Gasteiger partial charge in [-0.15, -0.1) is 0 Å². The van der Waals surface area contributed by atoms with Gasteiger partial charge in [-0.1, -0.05) is 60.7 Å². The van der Waals surface area contributed by atoms with E-state index in [2.05, 4.69) is 42.5 Å². The average Bonchev–Trinajstić information content (AvgIpc) is 2.56. The van der Waals surface area contributed by atoms with Crippen LogP contribution in [0.25, 0.3) is 5.76 Å². The molecule has 2 aromatic carbocycles. The van der Waals surface area contributed by atoms with Crippen LogP contribution in [0.3, 0.4) is 0 Å². The zero-order valence-corrected chi connectivity index (χ0v) is 12.2. The largest absolute Gasteiger partial charge is 0.465 e. The molecule has 2 heteroatoms. The van der Waals surface area contributed by atoms with Crippen LogP contribution in [0.15, 0.2) is 66.7 Å². The highest BCUT2D eigenvalue weighted by molar-refractivity contribution is 5.61. The lowest BCUT2D eigenvalue weighted by molar-refractivity contribution is -0.103. The van der Waals surface area contributed by atoms with Gasteiger partial charge in [-0.25, -0.2) is 0 Å². The van der Waals surface area contributed by atoms with Gasteiger partial charge in [0.2, 0.25) is 6.29 Å². The summed E-state index contributed by atoms with van der Waals surface area (Å²) >= 11 is 0. The highest BCUT2D eigenvalue weighted by Crippen LogP contribution is 2.34. The number of ether oxygens (including phenoxy) is 2. The Kier molecular flexibility index (Phi) is 4.37. The topological polar surface area (TPSA) is 18.5 Å². The lowest BCUT2D eigenvalue weighted by Gasteiger charge is -2.29. The third-order valence-electron chi connectivity index (χ3n) is 3.70. The molecule has 0 aromatic heterocycles. The maximum absolute atomic E-state index is 6.00. The van der Waals surface area contributed by atoms with E-state index in [-0.39, 0.29) is 6.29 Å². The molecule has 0 aliphatic carbocycles. The molecule has 0 N–H and O–H groups in total. The Balaban J connectivity index is 1.92. The average molecular weight is 280 g/mol. The number of benzene rings is 2. The Hall–Kier alpha value is -2.06. The van der Waals surface area contributed by atoms with Crippen LogP contribution in [0.5, 0.6) is 0 Å². The molecule has 1 aliphatic heterocycles. The first kappa shape index (κ1) is 13.9. The van der Waals surface area contributed by atoms with Crippen molar-refractivity contribution in [3.8, 4) is 0 Å². The summed E-state index contributed by atoms with van der Waals surface area (Å²) in [5.74, 6) is 1.24. The molecule has 21 heavy (non-hydrogen) atoms. The number of hydrogen-bond acceptors (Lipinski definition) is 2. The van der Waals surface area contributed by atoms with Crippen LogP contribution in [-0.4, -0.2) is 12.9 Å². The second-order valence-corrected chi connectivity index (χ2v) is 5.15. The number of rotatable bonds is 4. The van der Waals surface area contributed by atoms with E-state index in [0.717, 1.165) is 17.7 Å². The van der Waals surface area contributed by atoms with Gasteiger partial charge in [0.15, 0.2) is 0 Å². The van der Waals surface area contributed by atoms with E-state index < -0.39 is 0 Å². The smallest absolute Gasteiger partial charge is 0.200 e. The highest BCUT2D eigenvalue weighted by atomic mass is 16.7. The summed E-state index contributed by atoms with van der Waals surface area (Å²) in [7, 11) is 0. The molecule has 1 heterocycles. The molecule has 0 spiro atoms. The lowest BCUT2D eigenvalue weighted by atomic mass is 9.92. The van der Waals surface area contributed by atoms with Gasteiger partial charge in [0.05, 0.1) is 0 Å². The molecule has 1 aliphatic rings. The van der Waals surface area contributed by atoms with Gasteiger partial charge in [0.1, 0.15) is 5.76 Å². The molecule has 2 atom stereocenters. The minimum Gasteiger partial charge on any atom is -0.465 e. The Morgan fingerprint density at radius 1 is 1.00 bits per heavy atom. The fourth-order valence-corrected chi connectivity index (χ4v) is 2.67. The first-order valence-corrected chi connectivity index (χ1v) is 7.47. The fraction of sp³-hybridized carbons (Fsp3) is 0.263. The Morgan fingerprint density at radius 2 is 1.67 bits per heavy atom. The predicted octanol–water partition coefficient (Wildman–Crippen LogP) is 4.59. The summed E-state index contributed by atoms with van der Waals surface area (Å²) in [6.45, 7) is 2.66. The zero-order chi connectivity index (χ0) is 14.5. The van der Waals surface area contributed by atoms with Gasteiger partial charge in [0, 0.05) is 24.5 Å². The van der Waals surface area contributed by atoms with Crippen LogP contribution in [0, 0.1) is 0 Å². The normalized spacial score (nSPS) is 21.5. The second kappa shape index (κ2) is 6.59. The summed E-state index contributed by atoms with van der Waals surface area (Å²) < 4.78 is 11.7. The van der Waals surface area contributed by atoms with Crippen molar-refractivity contribution in [1.29, 1.82) is 0 Å². The summed E-state index contributed by atoms with van der Waals surface area (Å²) in [6.07, 6.45) is 2.88. The van der Waals surface area contributed by atoms with Crippen LogP contribution < -0.4 is 0 Å². The van der Waals surface area contributed by atoms with Gasteiger partial charge in [0.25, 0.3) is 0 Å². The van der Waals surface area contributed by atoms with E-state index in [1.54, 1.807) is 0 Å². The summed E-state index contributed by atoms with van der Waals surface area (Å²) in [5, 5.41) is 0. The summed E-state index contributed by atoms with van der Waals surface area (Å²) in [4.78, 5) is 0. The van der Waals surface area contributed by atoms with Crippen LogP contribution in [0.1, 0.15) is 30.4 Å². The van der Waals surface area contributed by atoms with E-state index in [9.17, 15) is 0 Å². The Bertz CT molecular complexity index is 589. The molecule has 108 valence electrons. The molecule has 2 nitrogen and oxygen atoms in total. The molecule has 0 amide bonds. The molecule has 0 fully saturated rings. The summed E-state index contributed by atoms with van der Waals surface area (Å²) in [5.41, 5.74) is 2.40. The van der Waals surface area contributed by atoms with Gasteiger partial charge >= 0.3 is 0 Å². The molecule has 2 aromatic rings. The molecule has 2 unspecified atom stereocenters. The molecule has 0 saturated carbocycles. The van der Waals surface area contributed by atoms with E-state index in [1.165, 1.54) is 5.56 Å². The van der Waals surface area contributed by atoms with Crippen molar-refractivity contribution in [1.82, 2.24) is 0 Å². The standard InChI is InChI=1S/C19H20O2/c1-2-20-19-14-17(15-9-5-3-6-10-15)13-18(21-19)16-11-7-4-8-12-16/h3-13,17,19H,2,14H2,1H3. The predicted molar refractivity (Wildman–Crippen MR) is 84.7 cm³/mol. The van der Waals surface area contributed by atoms with E-state index in [1.807, 2.05) is 31.2 Å². The Labute approximate surface area is 126 Å². The number of allylic oxidation sites excluding steroid dienone is 1. The van der Waals surface area contributed by atoms with Crippen molar-refractivity contribution < 1.29 is 9.47 Å². The Morgan fingerprint density at radius 3 is 2.33 bits per heavy atom. The molecule has 0 radical (unpaired) electrons. The molecule has 0 saturated heterocycles. The van der Waals surface area contributed by atoms with Crippen LogP contribution in [0.4, 0.5) is 0 Å². The SMILES string of the molecule is CCOC1CC(c2ccccc2)C=C(c2ccccc2)O1. The van der Waals surface area contributed by atoms with E-state index in [0.29, 0.717) is 12.5 Å². The van der Waals surface area contributed by atoms with Crippen molar-refractivity contribution in [2.24, 2.45) is 0 Å². The fourth-order valence-electron chi connectivity index (χ4n) is 2.67. The van der Waals surface area contributed by atoms with Gasteiger partial charge in [-0.3, -0.25) is 0 Å². The highest BCUT2D eigenvalue weighted by Gasteiger charge is 2.25. The first-order chi connectivity index (χ1) is 10.4. The third kappa shape index (κ3) is 3.34. The van der Waals surface area contributed by atoms with Crippen LogP contribution in [0.2, 0.25) is 0 Å². The van der Waals surface area contributed by atoms with Crippen LogP contribution >= 0.6 is 0 Å². The van der Waals surface area contributed by atoms with E-state index in [4.69, 9.17) is 9.47 Å². The first-order valence-electron chi connectivity index (χ1n) is 7.47. The summed E-state index contributed by atoms with van der Waals surface area (Å²) in [6, 6.07) is 20.8. The molecular weight excluding hydrogens is 260 g/mol. The second-order valence-electron chi connectivity index (χ2n) is 5.15. The maximum Gasteiger partial charge on any atom is 0.200 e. The molecule has 0 bridgehead atoms. The lowest BCUT2D eigenvalue weighted by Crippen LogP contribution is -2.23. The maximum atomic E-state index is 6.00. The quantitative estimate of drug-likeness (QED) is 0.815. The molecular formula is C19H20O2. The van der Waals surface area contributed by atoms with Gasteiger partial charge in [-0.2, -0.15) is 0 Å². The van der Waals surface area contributed by atoms with Crippen molar-refractivity contribution in [2.75, 3.05) is 6.61 Å². The zero-order valence-electron chi connectivity index (χ0n) is 12.2. The van der Waals surface area contributed by atoms with Crippen molar-refractivity contribution in [3.05, 3.63) is 77.9 Å². The third-order valence-corrected chi connectivity index (χ3v) is 3.70. The number of hydrogen-bond donors (Lipinski definition) is 0. The minimum absolute atomic E-state index is 0.180. The van der Waals surface area contributed by atoms with Crippen molar-refractivity contribution in [2.45, 2.75) is 25.6 Å². The minimum atomic E-state index is -0.180. The van der Waals surface area contributed by atoms with Gasteiger partial charge in [-0.05, 0) is 18.6 Å². The van der Waals surface area contributed by atoms with E-state index >= 15 is 0 Å². The van der Waals surface area contributed by atoms with Gasteiger partial charge < -0.3 is 9.47 Å². The molecule has 3 rings (SSSR count). The van der Waals surface area contributed by atoms with Crippen molar-refractivity contribution >= 4 is 5.76 Å². The van der Waals surface area contributed by atoms with Crippen molar-refractivity contribution in [3.63, 3.8) is 0 Å². The monoisotopic (exact) mass is 280 g/mol. The van der Waals surface area contributed by atoms with Crippen LogP contribution in [-0.2, 0) is 9.47 Å².